The molecule has 0 aliphatic carbocycles. The van der Waals surface area contributed by atoms with Crippen LogP contribution in [0.25, 0.3) is 33.2 Å². The number of likely N-dealkylation sites (tertiary alicyclic amines) is 2. The van der Waals surface area contributed by atoms with Crippen molar-refractivity contribution in [2.75, 3.05) is 32.6 Å². The number of aromatic nitrogens is 2. The fraction of sp³-hybridized carbons (Fsp3) is 0.429. The minimum Gasteiger partial charge on any atom is -0.453 e. The van der Waals surface area contributed by atoms with Gasteiger partial charge in [0.25, 0.3) is 10.0 Å². The zero-order valence-corrected chi connectivity index (χ0v) is 34.8. The highest BCUT2D eigenvalue weighted by atomic mass is 32.2. The van der Waals surface area contributed by atoms with Crippen LogP contribution in [0.2, 0.25) is 0 Å². The van der Waals surface area contributed by atoms with Crippen molar-refractivity contribution < 1.29 is 37.1 Å². The Balaban J connectivity index is 1.07. The molecule has 4 amide bonds. The van der Waals surface area contributed by atoms with E-state index in [1.807, 2.05) is 70.2 Å². The molecule has 0 spiro atoms. The van der Waals surface area contributed by atoms with Gasteiger partial charge in [-0.15, -0.1) is 4.40 Å². The van der Waals surface area contributed by atoms with Crippen LogP contribution in [-0.2, 0) is 29.1 Å². The van der Waals surface area contributed by atoms with E-state index < -0.39 is 40.3 Å². The van der Waals surface area contributed by atoms with Crippen molar-refractivity contribution in [1.29, 1.82) is 0 Å². The highest BCUT2D eigenvalue weighted by Gasteiger charge is 2.41. The van der Waals surface area contributed by atoms with Gasteiger partial charge in [-0.2, -0.15) is 8.42 Å². The number of sulfonamides is 1. The standard InChI is InChI=1S/C42H50N8O8S/c1-23(2)35(46-41(53)57-5)39(51)49-17-7-9-32(49)37-43-22-31(45-37)29-14-13-25-19-26(11-12-27(25)20-29)28-15-16-30-34(21-28)59(55,56)48-38(44-30)33-10-8-18-50(33)40(52)36(24(3)4)47-42(54)58-6/h11-16,19-24,32-33,35-36H,7-10,17-18H2,1-6H3,(H,43,45)(H,44,48)(H,46,53)(H,47,54)/t32-,33+,35-,36+/m0/s1. The summed E-state index contributed by atoms with van der Waals surface area (Å²) in [4.78, 5) is 62.7. The van der Waals surface area contributed by atoms with Gasteiger partial charge < -0.3 is 40.2 Å². The lowest BCUT2D eigenvalue weighted by atomic mass is 9.99. The Labute approximate surface area is 343 Å². The third-order valence-corrected chi connectivity index (χ3v) is 12.6. The summed E-state index contributed by atoms with van der Waals surface area (Å²) < 4.78 is 41.0. The van der Waals surface area contributed by atoms with Gasteiger partial charge in [-0.25, -0.2) is 14.6 Å². The summed E-state index contributed by atoms with van der Waals surface area (Å²) in [6.07, 6.45) is 3.12. The Hall–Kier alpha value is -5.97. The van der Waals surface area contributed by atoms with Crippen molar-refractivity contribution in [3.05, 3.63) is 66.6 Å². The quantitative estimate of drug-likeness (QED) is 0.151. The van der Waals surface area contributed by atoms with Crippen LogP contribution in [-0.4, -0.2) is 103 Å². The first-order chi connectivity index (χ1) is 28.2. The number of aromatic amines is 1. The van der Waals surface area contributed by atoms with E-state index in [2.05, 4.69) is 30.3 Å². The molecule has 17 heteroatoms. The van der Waals surface area contributed by atoms with Crippen molar-refractivity contribution in [3.63, 3.8) is 0 Å². The second-order valence-electron chi connectivity index (χ2n) is 15.8. The first kappa shape index (κ1) is 41.2. The molecule has 3 aliphatic heterocycles. The van der Waals surface area contributed by atoms with Crippen LogP contribution in [0.5, 0.6) is 0 Å². The van der Waals surface area contributed by atoms with Gasteiger partial charge in [-0.3, -0.25) is 9.59 Å². The van der Waals surface area contributed by atoms with E-state index in [4.69, 9.17) is 9.47 Å². The Morgan fingerprint density at radius 1 is 0.746 bits per heavy atom. The SMILES string of the molecule is COC(=O)N[C@H](C(=O)N1CCC[C@H]1c1ncc(-c2ccc3cc(-c4ccc5c(c4)S(=O)(=O)N=C([C@H]4CCCN4C(=O)[C@H](NC(=O)OC)C(C)C)N5)ccc3c2)[nH]1)C(C)C. The van der Waals surface area contributed by atoms with Crippen LogP contribution < -0.4 is 16.0 Å². The molecule has 1 aromatic heterocycles. The fourth-order valence-corrected chi connectivity index (χ4v) is 9.33. The predicted octanol–water partition coefficient (Wildman–Crippen LogP) is 5.83. The molecule has 312 valence electrons. The number of nitrogens with one attached hydrogen (secondary N) is 4. The zero-order valence-electron chi connectivity index (χ0n) is 33.9. The summed E-state index contributed by atoms with van der Waals surface area (Å²) in [6.45, 7) is 8.35. The van der Waals surface area contributed by atoms with E-state index in [1.54, 1.807) is 28.1 Å². The van der Waals surface area contributed by atoms with Gasteiger partial charge in [-0.05, 0) is 83.7 Å². The third kappa shape index (κ3) is 8.33. The Kier molecular flexibility index (Phi) is 11.7. The number of nitrogens with zero attached hydrogens (tertiary/aromatic N) is 4. The Bertz CT molecular complexity index is 2430. The van der Waals surface area contributed by atoms with Crippen molar-refractivity contribution in [2.45, 2.75) is 82.4 Å². The Morgan fingerprint density at radius 2 is 1.27 bits per heavy atom. The lowest BCUT2D eigenvalue weighted by Crippen LogP contribution is -2.54. The Morgan fingerprint density at radius 3 is 1.86 bits per heavy atom. The van der Waals surface area contributed by atoms with Crippen molar-refractivity contribution in [3.8, 4) is 22.4 Å². The van der Waals surface area contributed by atoms with E-state index in [9.17, 15) is 27.6 Å². The molecule has 2 saturated heterocycles. The average molecular weight is 827 g/mol. The molecule has 7 rings (SSSR count). The third-order valence-electron chi connectivity index (χ3n) is 11.3. The van der Waals surface area contributed by atoms with Gasteiger partial charge in [-0.1, -0.05) is 58.0 Å². The number of ether oxygens (including phenoxy) is 2. The molecular formula is C42H50N8O8S. The van der Waals surface area contributed by atoms with Crippen LogP contribution in [0.15, 0.2) is 70.1 Å². The number of fused-ring (bicyclic) bond motifs is 2. The summed E-state index contributed by atoms with van der Waals surface area (Å²) >= 11 is 0. The average Bonchev–Trinajstić information content (AvgIpc) is 4.02. The number of anilines is 1. The van der Waals surface area contributed by atoms with Crippen LogP contribution in [0.1, 0.15) is 65.2 Å². The molecule has 0 bridgehead atoms. The molecule has 59 heavy (non-hydrogen) atoms. The van der Waals surface area contributed by atoms with Gasteiger partial charge in [0.05, 0.1) is 43.9 Å². The number of rotatable bonds is 10. The molecule has 3 aromatic carbocycles. The number of hydrogen-bond donors (Lipinski definition) is 4. The van der Waals surface area contributed by atoms with Crippen LogP contribution in [0.4, 0.5) is 15.3 Å². The fourth-order valence-electron chi connectivity index (χ4n) is 8.13. The molecule has 4 atom stereocenters. The number of imidazole rings is 1. The molecule has 4 N–H and O–H groups in total. The maximum atomic E-state index is 13.7. The van der Waals surface area contributed by atoms with E-state index in [-0.39, 0.29) is 40.4 Å². The monoisotopic (exact) mass is 826 g/mol. The number of benzene rings is 3. The normalized spacial score (nSPS) is 19.5. The minimum absolute atomic E-state index is 0.0366. The minimum atomic E-state index is -4.13. The van der Waals surface area contributed by atoms with Crippen molar-refractivity contribution in [1.82, 2.24) is 30.4 Å². The van der Waals surface area contributed by atoms with Gasteiger partial charge in [0.1, 0.15) is 28.6 Å². The van der Waals surface area contributed by atoms with E-state index in [1.165, 1.54) is 14.2 Å². The number of hydrogen-bond acceptors (Lipinski definition) is 10. The van der Waals surface area contributed by atoms with Gasteiger partial charge >= 0.3 is 12.2 Å². The van der Waals surface area contributed by atoms with Crippen molar-refractivity contribution in [2.24, 2.45) is 16.2 Å². The second kappa shape index (κ2) is 16.7. The summed E-state index contributed by atoms with van der Waals surface area (Å²) in [5.74, 6) is -0.0185. The number of carbonyl (C=O) groups is 4. The summed E-state index contributed by atoms with van der Waals surface area (Å²) in [5, 5.41) is 10.4. The van der Waals surface area contributed by atoms with Crippen LogP contribution >= 0.6 is 0 Å². The highest BCUT2D eigenvalue weighted by molar-refractivity contribution is 7.90. The lowest BCUT2D eigenvalue weighted by Gasteiger charge is -2.32. The molecule has 0 unspecified atom stereocenters. The summed E-state index contributed by atoms with van der Waals surface area (Å²) in [7, 11) is -1.62. The molecular weight excluding hydrogens is 777 g/mol. The number of carbonyl (C=O) groups excluding carboxylic acids is 4. The van der Waals surface area contributed by atoms with Crippen molar-refractivity contribution >= 4 is 56.3 Å². The van der Waals surface area contributed by atoms with E-state index in [0.29, 0.717) is 43.0 Å². The molecule has 16 nitrogen and oxygen atoms in total. The van der Waals surface area contributed by atoms with Gasteiger partial charge in [0.2, 0.25) is 11.8 Å². The number of H-pyrrole nitrogens is 1. The maximum absolute atomic E-state index is 13.7. The first-order valence-corrected chi connectivity index (χ1v) is 21.3. The molecule has 4 heterocycles. The first-order valence-electron chi connectivity index (χ1n) is 19.8. The summed E-state index contributed by atoms with van der Waals surface area (Å²) in [5.41, 5.74) is 3.60. The van der Waals surface area contributed by atoms with E-state index in [0.717, 1.165) is 40.4 Å². The molecule has 0 radical (unpaired) electrons. The molecule has 3 aliphatic rings. The number of methoxy groups -OCH3 is 2. The number of alkyl carbamates (subject to hydrolysis) is 2. The largest absolute Gasteiger partial charge is 0.453 e. The second-order valence-corrected chi connectivity index (χ2v) is 17.4. The highest BCUT2D eigenvalue weighted by Crippen LogP contribution is 2.37. The zero-order chi connectivity index (χ0) is 42.2. The predicted molar refractivity (Wildman–Crippen MR) is 222 cm³/mol. The molecule has 2 fully saturated rings. The van der Waals surface area contributed by atoms with Crippen LogP contribution in [0.3, 0.4) is 0 Å². The molecule has 4 aromatic rings. The maximum Gasteiger partial charge on any atom is 0.407 e. The van der Waals surface area contributed by atoms with E-state index >= 15 is 0 Å². The number of amidine groups is 1. The van der Waals surface area contributed by atoms with Gasteiger partial charge in [0, 0.05) is 18.7 Å². The molecule has 0 saturated carbocycles. The van der Waals surface area contributed by atoms with Crippen LogP contribution in [0, 0.1) is 11.8 Å². The summed E-state index contributed by atoms with van der Waals surface area (Å²) in [6, 6.07) is 14.7. The van der Waals surface area contributed by atoms with Gasteiger partial charge in [0.15, 0.2) is 0 Å². The number of amides is 4. The lowest BCUT2D eigenvalue weighted by molar-refractivity contribution is -0.135. The smallest absolute Gasteiger partial charge is 0.407 e. The topological polar surface area (TPSA) is 204 Å².